The average molecular weight is 274 g/mol. The number of thiophene rings is 1. The van der Waals surface area contributed by atoms with E-state index >= 15 is 0 Å². The predicted octanol–water partition coefficient (Wildman–Crippen LogP) is 3.49. The van der Waals surface area contributed by atoms with Crippen LogP contribution >= 0.6 is 11.3 Å². The van der Waals surface area contributed by atoms with Crippen molar-refractivity contribution in [2.24, 2.45) is 0 Å². The molecule has 0 aliphatic rings. The molecule has 2 aromatic rings. The first-order valence-electron chi connectivity index (χ1n) is 6.76. The molecule has 1 N–H and O–H groups in total. The van der Waals surface area contributed by atoms with Gasteiger partial charge in [0.2, 0.25) is 0 Å². The summed E-state index contributed by atoms with van der Waals surface area (Å²) >= 11 is 1.75. The van der Waals surface area contributed by atoms with Gasteiger partial charge < -0.3 is 10.2 Å². The highest BCUT2D eigenvalue weighted by molar-refractivity contribution is 7.07. The highest BCUT2D eigenvalue weighted by Gasteiger charge is 2.00. The van der Waals surface area contributed by atoms with Gasteiger partial charge in [0.05, 0.1) is 0 Å². The van der Waals surface area contributed by atoms with E-state index in [9.17, 15) is 0 Å². The maximum absolute atomic E-state index is 3.49. The van der Waals surface area contributed by atoms with E-state index in [2.05, 4.69) is 65.3 Å². The summed E-state index contributed by atoms with van der Waals surface area (Å²) in [5.74, 6) is 0. The van der Waals surface area contributed by atoms with Crippen molar-refractivity contribution < 1.29 is 0 Å². The summed E-state index contributed by atoms with van der Waals surface area (Å²) in [5.41, 5.74) is 4.11. The summed E-state index contributed by atoms with van der Waals surface area (Å²) in [6.45, 7) is 6.17. The minimum atomic E-state index is 0.930. The van der Waals surface area contributed by atoms with Gasteiger partial charge in [0, 0.05) is 19.6 Å². The fourth-order valence-electron chi connectivity index (χ4n) is 2.01. The van der Waals surface area contributed by atoms with E-state index in [0.717, 1.165) is 26.2 Å². The first-order valence-corrected chi connectivity index (χ1v) is 7.70. The second-order valence-electron chi connectivity index (χ2n) is 4.89. The van der Waals surface area contributed by atoms with Crippen LogP contribution in [0.3, 0.4) is 0 Å². The van der Waals surface area contributed by atoms with Gasteiger partial charge in [-0.25, -0.2) is 0 Å². The fraction of sp³-hybridized carbons (Fsp3) is 0.375. The Morgan fingerprint density at radius 3 is 2.63 bits per heavy atom. The van der Waals surface area contributed by atoms with Gasteiger partial charge in [-0.2, -0.15) is 11.3 Å². The minimum Gasteiger partial charge on any atom is -0.309 e. The SMILES string of the molecule is CCN(C)Cc1cccc(CNCc2ccsc2)c1. The first kappa shape index (κ1) is 14.3. The summed E-state index contributed by atoms with van der Waals surface area (Å²) in [5, 5.41) is 7.81. The largest absolute Gasteiger partial charge is 0.309 e. The molecule has 0 fully saturated rings. The molecule has 0 aliphatic heterocycles. The predicted molar refractivity (Wildman–Crippen MR) is 83.3 cm³/mol. The molecule has 1 heterocycles. The monoisotopic (exact) mass is 274 g/mol. The van der Waals surface area contributed by atoms with Gasteiger partial charge in [0.25, 0.3) is 0 Å². The lowest BCUT2D eigenvalue weighted by molar-refractivity contribution is 0.345. The molecule has 1 aromatic carbocycles. The summed E-state index contributed by atoms with van der Waals surface area (Å²) in [6, 6.07) is 11.0. The van der Waals surface area contributed by atoms with Crippen LogP contribution in [0, 0.1) is 0 Å². The topological polar surface area (TPSA) is 15.3 Å². The van der Waals surface area contributed by atoms with Gasteiger partial charge in [0.1, 0.15) is 0 Å². The zero-order valence-corrected chi connectivity index (χ0v) is 12.5. The van der Waals surface area contributed by atoms with E-state index in [4.69, 9.17) is 0 Å². The van der Waals surface area contributed by atoms with Crippen LogP contribution in [-0.2, 0) is 19.6 Å². The van der Waals surface area contributed by atoms with Crippen LogP contribution < -0.4 is 5.32 Å². The van der Waals surface area contributed by atoms with Crippen molar-refractivity contribution in [2.75, 3.05) is 13.6 Å². The normalized spacial score (nSPS) is 11.1. The molecule has 0 amide bonds. The molecule has 2 nitrogen and oxygen atoms in total. The van der Waals surface area contributed by atoms with Gasteiger partial charge in [0.15, 0.2) is 0 Å². The maximum Gasteiger partial charge on any atom is 0.0230 e. The molecule has 0 atom stereocenters. The van der Waals surface area contributed by atoms with E-state index in [1.54, 1.807) is 11.3 Å². The van der Waals surface area contributed by atoms with Gasteiger partial charge in [-0.1, -0.05) is 31.2 Å². The molecular weight excluding hydrogens is 252 g/mol. The smallest absolute Gasteiger partial charge is 0.0230 e. The molecule has 19 heavy (non-hydrogen) atoms. The highest BCUT2D eigenvalue weighted by atomic mass is 32.1. The highest BCUT2D eigenvalue weighted by Crippen LogP contribution is 2.09. The van der Waals surface area contributed by atoms with E-state index in [1.807, 2.05) is 0 Å². The van der Waals surface area contributed by atoms with Gasteiger partial charge >= 0.3 is 0 Å². The second kappa shape index (κ2) is 7.43. The molecule has 3 heteroatoms. The molecule has 0 unspecified atom stereocenters. The summed E-state index contributed by atoms with van der Waals surface area (Å²) in [6.07, 6.45) is 0. The molecular formula is C16H22N2S. The van der Waals surface area contributed by atoms with Crippen molar-refractivity contribution in [3.8, 4) is 0 Å². The Balaban J connectivity index is 1.84. The number of nitrogens with zero attached hydrogens (tertiary/aromatic N) is 1. The van der Waals surface area contributed by atoms with E-state index < -0.39 is 0 Å². The Bertz CT molecular complexity index is 479. The van der Waals surface area contributed by atoms with Crippen LogP contribution in [0.25, 0.3) is 0 Å². The fourth-order valence-corrected chi connectivity index (χ4v) is 2.67. The molecule has 0 bridgehead atoms. The zero-order chi connectivity index (χ0) is 13.5. The molecule has 102 valence electrons. The van der Waals surface area contributed by atoms with Crippen molar-refractivity contribution in [3.63, 3.8) is 0 Å². The van der Waals surface area contributed by atoms with Crippen LogP contribution in [0.5, 0.6) is 0 Å². The molecule has 0 radical (unpaired) electrons. The van der Waals surface area contributed by atoms with Crippen LogP contribution in [0.4, 0.5) is 0 Å². The Labute approximate surface area is 120 Å². The molecule has 0 spiro atoms. The van der Waals surface area contributed by atoms with Crippen molar-refractivity contribution in [1.29, 1.82) is 0 Å². The maximum atomic E-state index is 3.49. The van der Waals surface area contributed by atoms with Gasteiger partial charge in [-0.15, -0.1) is 0 Å². The van der Waals surface area contributed by atoms with Crippen molar-refractivity contribution in [1.82, 2.24) is 10.2 Å². The van der Waals surface area contributed by atoms with Gasteiger partial charge in [-0.3, -0.25) is 0 Å². The van der Waals surface area contributed by atoms with E-state index in [-0.39, 0.29) is 0 Å². The summed E-state index contributed by atoms with van der Waals surface area (Å²) in [7, 11) is 2.15. The third kappa shape index (κ3) is 4.78. The van der Waals surface area contributed by atoms with E-state index in [1.165, 1.54) is 16.7 Å². The van der Waals surface area contributed by atoms with Crippen LogP contribution in [0.2, 0.25) is 0 Å². The van der Waals surface area contributed by atoms with E-state index in [0.29, 0.717) is 0 Å². The lowest BCUT2D eigenvalue weighted by Gasteiger charge is -2.14. The second-order valence-corrected chi connectivity index (χ2v) is 5.67. The Hall–Kier alpha value is -1.16. The third-order valence-corrected chi connectivity index (χ3v) is 3.95. The number of rotatable bonds is 7. The first-order chi connectivity index (χ1) is 9.28. The third-order valence-electron chi connectivity index (χ3n) is 3.22. The standard InChI is InChI=1S/C16H22N2S/c1-3-18(2)12-15-6-4-5-14(9-15)10-17-11-16-7-8-19-13-16/h4-9,13,17H,3,10-12H2,1-2H3. The van der Waals surface area contributed by atoms with Crippen molar-refractivity contribution >= 4 is 11.3 Å². The summed E-state index contributed by atoms with van der Waals surface area (Å²) in [4.78, 5) is 2.32. The summed E-state index contributed by atoms with van der Waals surface area (Å²) < 4.78 is 0. The number of hydrogen-bond donors (Lipinski definition) is 1. The lowest BCUT2D eigenvalue weighted by atomic mass is 10.1. The minimum absolute atomic E-state index is 0.930. The number of hydrogen-bond acceptors (Lipinski definition) is 3. The Kier molecular flexibility index (Phi) is 5.58. The zero-order valence-electron chi connectivity index (χ0n) is 11.7. The number of benzene rings is 1. The molecule has 0 saturated heterocycles. The van der Waals surface area contributed by atoms with Crippen LogP contribution in [0.1, 0.15) is 23.6 Å². The quantitative estimate of drug-likeness (QED) is 0.831. The molecule has 0 saturated carbocycles. The van der Waals surface area contributed by atoms with Crippen LogP contribution in [0.15, 0.2) is 41.1 Å². The molecule has 0 aliphatic carbocycles. The molecule has 1 aromatic heterocycles. The lowest BCUT2D eigenvalue weighted by Crippen LogP contribution is -2.17. The van der Waals surface area contributed by atoms with Crippen molar-refractivity contribution in [2.45, 2.75) is 26.6 Å². The Morgan fingerprint density at radius 1 is 1.11 bits per heavy atom. The Morgan fingerprint density at radius 2 is 1.89 bits per heavy atom. The van der Waals surface area contributed by atoms with Crippen LogP contribution in [-0.4, -0.2) is 18.5 Å². The average Bonchev–Trinajstić information content (AvgIpc) is 2.92. The molecule has 2 rings (SSSR count). The van der Waals surface area contributed by atoms with Crippen molar-refractivity contribution in [3.05, 3.63) is 57.8 Å². The number of nitrogens with one attached hydrogen (secondary N) is 1. The van der Waals surface area contributed by atoms with Gasteiger partial charge in [-0.05, 0) is 47.1 Å².